The molecule has 2 unspecified atom stereocenters. The van der Waals surface area contributed by atoms with Crippen LogP contribution in [0.3, 0.4) is 0 Å². The van der Waals surface area contributed by atoms with E-state index < -0.39 is 41.3 Å². The van der Waals surface area contributed by atoms with E-state index in [9.17, 15) is 31.4 Å². The van der Waals surface area contributed by atoms with Crippen LogP contribution >= 0.6 is 0 Å². The van der Waals surface area contributed by atoms with Gasteiger partial charge < -0.3 is 9.84 Å². The number of aliphatic hydroxyl groups is 1. The zero-order valence-electron chi connectivity index (χ0n) is 10.6. The van der Waals surface area contributed by atoms with Gasteiger partial charge in [-0.25, -0.2) is 0 Å². The smallest absolute Gasteiger partial charge is 0.393 e. The van der Waals surface area contributed by atoms with Crippen LogP contribution in [0.15, 0.2) is 18.2 Å². The summed E-state index contributed by atoms with van der Waals surface area (Å²) >= 11 is 0. The highest BCUT2D eigenvalue weighted by atomic mass is 19.4. The fourth-order valence-electron chi connectivity index (χ4n) is 2.26. The fraction of sp³-hybridized carbons (Fsp3) is 0.538. The number of rotatable bonds is 1. The lowest BCUT2D eigenvalue weighted by molar-refractivity contribution is -0.144. The Labute approximate surface area is 116 Å². The van der Waals surface area contributed by atoms with E-state index in [4.69, 9.17) is 4.74 Å². The third-order valence-corrected chi connectivity index (χ3v) is 3.29. The normalized spacial score (nSPS) is 24.1. The number of halogens is 6. The summed E-state index contributed by atoms with van der Waals surface area (Å²) in [6.45, 7) is -0.000619. The van der Waals surface area contributed by atoms with Crippen LogP contribution in [-0.4, -0.2) is 17.8 Å². The molecule has 0 amide bonds. The van der Waals surface area contributed by atoms with Crippen molar-refractivity contribution < 1.29 is 36.2 Å². The van der Waals surface area contributed by atoms with E-state index in [0.29, 0.717) is 18.2 Å². The molecule has 0 spiro atoms. The predicted molar refractivity (Wildman–Crippen MR) is 60.4 cm³/mol. The molecule has 1 fully saturated rings. The molecule has 1 aliphatic rings. The summed E-state index contributed by atoms with van der Waals surface area (Å²) < 4.78 is 81.9. The number of alkyl halides is 6. The Balaban J connectivity index is 2.48. The molecule has 8 heteroatoms. The first kappa shape index (κ1) is 16.1. The van der Waals surface area contributed by atoms with Crippen LogP contribution < -0.4 is 0 Å². The van der Waals surface area contributed by atoms with Crippen molar-refractivity contribution in [2.45, 2.75) is 37.4 Å². The number of aliphatic hydroxyl groups excluding tert-OH is 1. The van der Waals surface area contributed by atoms with Crippen LogP contribution in [-0.2, 0) is 17.1 Å². The van der Waals surface area contributed by atoms with Crippen LogP contribution in [0, 0.1) is 0 Å². The van der Waals surface area contributed by atoms with Gasteiger partial charge in [-0.2, -0.15) is 26.3 Å². The van der Waals surface area contributed by atoms with Gasteiger partial charge >= 0.3 is 12.4 Å². The number of hydrogen-bond acceptors (Lipinski definition) is 2. The molecule has 118 valence electrons. The first-order valence-corrected chi connectivity index (χ1v) is 6.17. The van der Waals surface area contributed by atoms with Gasteiger partial charge in [-0.15, -0.1) is 0 Å². The molecule has 2 atom stereocenters. The summed E-state index contributed by atoms with van der Waals surface area (Å²) in [5.41, 5.74) is -2.93. The Hall–Kier alpha value is -1.28. The standard InChI is InChI=1S/C13H12F6O2/c14-12(15,16)7-1-2-10(13(17,18)19)9(5-7)11-6-8(20)3-4-21-11/h1-2,5,8,11,20H,3-4,6H2. The molecule has 0 saturated carbocycles. The summed E-state index contributed by atoms with van der Waals surface area (Å²) in [4.78, 5) is 0. The molecule has 21 heavy (non-hydrogen) atoms. The van der Waals surface area contributed by atoms with Gasteiger partial charge in [0.2, 0.25) is 0 Å². The monoisotopic (exact) mass is 314 g/mol. The van der Waals surface area contributed by atoms with Gasteiger partial charge in [0, 0.05) is 13.0 Å². The van der Waals surface area contributed by atoms with Crippen LogP contribution in [0.1, 0.15) is 35.6 Å². The minimum absolute atomic E-state index is 0.000619. The molecule has 2 rings (SSSR count). The largest absolute Gasteiger partial charge is 0.416 e. The molecule has 0 aromatic heterocycles. The van der Waals surface area contributed by atoms with Crippen LogP contribution in [0.25, 0.3) is 0 Å². The molecule has 1 heterocycles. The van der Waals surface area contributed by atoms with Gasteiger partial charge in [-0.05, 0) is 30.2 Å². The van der Waals surface area contributed by atoms with E-state index in [0.717, 1.165) is 0 Å². The first-order valence-electron chi connectivity index (χ1n) is 6.17. The van der Waals surface area contributed by atoms with Gasteiger partial charge in [0.25, 0.3) is 0 Å². The number of benzene rings is 1. The summed E-state index contributed by atoms with van der Waals surface area (Å²) in [6.07, 6.45) is -11.5. The van der Waals surface area contributed by atoms with Gasteiger partial charge in [0.15, 0.2) is 0 Å². The zero-order valence-corrected chi connectivity index (χ0v) is 10.6. The highest BCUT2D eigenvalue weighted by Gasteiger charge is 2.39. The van der Waals surface area contributed by atoms with Crippen molar-refractivity contribution in [3.8, 4) is 0 Å². The third-order valence-electron chi connectivity index (χ3n) is 3.29. The van der Waals surface area contributed by atoms with Gasteiger partial charge in [0.05, 0.1) is 23.3 Å². The molecule has 0 radical (unpaired) electrons. The van der Waals surface area contributed by atoms with E-state index in [1.54, 1.807) is 0 Å². The van der Waals surface area contributed by atoms with E-state index in [1.807, 2.05) is 0 Å². The molecule has 0 aliphatic carbocycles. The molecular formula is C13H12F6O2. The molecule has 1 N–H and O–H groups in total. The lowest BCUT2D eigenvalue weighted by atomic mass is 9.93. The molecule has 0 bridgehead atoms. The van der Waals surface area contributed by atoms with Crippen molar-refractivity contribution in [3.63, 3.8) is 0 Å². The molecular weight excluding hydrogens is 302 g/mol. The molecule has 1 saturated heterocycles. The van der Waals surface area contributed by atoms with Crippen molar-refractivity contribution in [1.29, 1.82) is 0 Å². The Morgan fingerprint density at radius 1 is 1.05 bits per heavy atom. The van der Waals surface area contributed by atoms with Crippen LogP contribution in [0.2, 0.25) is 0 Å². The lowest BCUT2D eigenvalue weighted by Crippen LogP contribution is -2.25. The molecule has 2 nitrogen and oxygen atoms in total. The average molecular weight is 314 g/mol. The predicted octanol–water partition coefficient (Wildman–Crippen LogP) is 3.94. The van der Waals surface area contributed by atoms with Crippen molar-refractivity contribution >= 4 is 0 Å². The zero-order chi connectivity index (χ0) is 15.8. The highest BCUT2D eigenvalue weighted by molar-refractivity contribution is 5.37. The summed E-state index contributed by atoms with van der Waals surface area (Å²) in [5.74, 6) is 0. The topological polar surface area (TPSA) is 29.5 Å². The maximum atomic E-state index is 12.9. The van der Waals surface area contributed by atoms with E-state index >= 15 is 0 Å². The molecule has 1 aromatic rings. The lowest BCUT2D eigenvalue weighted by Gasteiger charge is -2.29. The minimum atomic E-state index is -4.79. The maximum absolute atomic E-state index is 12.9. The van der Waals surface area contributed by atoms with E-state index in [1.165, 1.54) is 0 Å². The van der Waals surface area contributed by atoms with Crippen molar-refractivity contribution in [3.05, 3.63) is 34.9 Å². The van der Waals surface area contributed by atoms with Gasteiger partial charge in [-0.1, -0.05) is 0 Å². The second-order valence-electron chi connectivity index (χ2n) is 4.84. The Kier molecular flexibility index (Phi) is 4.21. The number of ether oxygens (including phenoxy) is 1. The Morgan fingerprint density at radius 3 is 2.24 bits per heavy atom. The fourth-order valence-corrected chi connectivity index (χ4v) is 2.26. The van der Waals surface area contributed by atoms with Crippen molar-refractivity contribution in [2.24, 2.45) is 0 Å². The minimum Gasteiger partial charge on any atom is -0.393 e. The third kappa shape index (κ3) is 3.68. The maximum Gasteiger partial charge on any atom is 0.416 e. The van der Waals surface area contributed by atoms with Gasteiger partial charge in [0.1, 0.15) is 0 Å². The second-order valence-corrected chi connectivity index (χ2v) is 4.84. The van der Waals surface area contributed by atoms with Crippen LogP contribution in [0.4, 0.5) is 26.3 Å². The van der Waals surface area contributed by atoms with Crippen molar-refractivity contribution in [2.75, 3.05) is 6.61 Å². The first-order chi connectivity index (χ1) is 9.59. The second kappa shape index (κ2) is 5.49. The van der Waals surface area contributed by atoms with Crippen molar-refractivity contribution in [1.82, 2.24) is 0 Å². The number of hydrogen-bond donors (Lipinski definition) is 1. The quantitative estimate of drug-likeness (QED) is 0.796. The molecule has 1 aliphatic heterocycles. The van der Waals surface area contributed by atoms with E-state index in [-0.39, 0.29) is 19.4 Å². The van der Waals surface area contributed by atoms with E-state index in [2.05, 4.69) is 0 Å². The average Bonchev–Trinajstić information content (AvgIpc) is 2.36. The van der Waals surface area contributed by atoms with Crippen LogP contribution in [0.5, 0.6) is 0 Å². The Bertz CT molecular complexity index is 508. The molecule has 1 aromatic carbocycles. The summed E-state index contributed by atoms with van der Waals surface area (Å²) in [6, 6.07) is 1.25. The SMILES string of the molecule is OC1CCOC(c2cc(C(F)(F)F)ccc2C(F)(F)F)C1. The summed E-state index contributed by atoms with van der Waals surface area (Å²) in [7, 11) is 0. The van der Waals surface area contributed by atoms with Gasteiger partial charge in [-0.3, -0.25) is 0 Å². The highest BCUT2D eigenvalue weighted by Crippen LogP contribution is 2.41. The Morgan fingerprint density at radius 2 is 1.71 bits per heavy atom. The summed E-state index contributed by atoms with van der Waals surface area (Å²) in [5, 5.41) is 9.48.